The van der Waals surface area contributed by atoms with Crippen LogP contribution >= 0.6 is 0 Å². The quantitative estimate of drug-likeness (QED) is 0.745. The minimum atomic E-state index is -0.0947. The zero-order chi connectivity index (χ0) is 16.2. The molecule has 3 aromatic rings. The largest absolute Gasteiger partial charge is 0.372 e. The van der Waals surface area contributed by atoms with E-state index in [1.807, 2.05) is 43.3 Å². The summed E-state index contributed by atoms with van der Waals surface area (Å²) in [5.41, 5.74) is 2.46. The van der Waals surface area contributed by atoms with Gasteiger partial charge in [0.15, 0.2) is 11.5 Å². The molecule has 2 N–H and O–H groups in total. The van der Waals surface area contributed by atoms with Crippen molar-refractivity contribution >= 4 is 17.4 Å². The third-order valence-corrected chi connectivity index (χ3v) is 3.53. The molecule has 2 aromatic heterocycles. The summed E-state index contributed by atoms with van der Waals surface area (Å²) >= 11 is 0. The van der Waals surface area contributed by atoms with E-state index >= 15 is 0 Å². The van der Waals surface area contributed by atoms with E-state index in [4.69, 9.17) is 0 Å². The van der Waals surface area contributed by atoms with Gasteiger partial charge in [0.25, 0.3) is 5.91 Å². The maximum absolute atomic E-state index is 12.1. The zero-order valence-electron chi connectivity index (χ0n) is 13.1. The molecule has 7 nitrogen and oxygen atoms in total. The number of carbonyl (C=O) groups is 1. The number of aryl methyl sites for hydroxylation is 1. The third kappa shape index (κ3) is 3.28. The van der Waals surface area contributed by atoms with Gasteiger partial charge in [0.2, 0.25) is 0 Å². The number of aromatic nitrogens is 4. The van der Waals surface area contributed by atoms with E-state index in [0.717, 1.165) is 11.4 Å². The van der Waals surface area contributed by atoms with Gasteiger partial charge in [0.05, 0.1) is 0 Å². The second kappa shape index (κ2) is 6.43. The van der Waals surface area contributed by atoms with Crippen molar-refractivity contribution < 1.29 is 4.79 Å². The average Bonchev–Trinajstić information content (AvgIpc) is 2.97. The summed E-state index contributed by atoms with van der Waals surface area (Å²) in [7, 11) is 1.81. The molecule has 3 rings (SSSR count). The first-order valence-corrected chi connectivity index (χ1v) is 7.41. The van der Waals surface area contributed by atoms with Crippen LogP contribution in [0.5, 0.6) is 0 Å². The highest BCUT2D eigenvalue weighted by Crippen LogP contribution is 2.07. The predicted octanol–water partition coefficient (Wildman–Crippen LogP) is 1.45. The third-order valence-electron chi connectivity index (χ3n) is 3.53. The lowest BCUT2D eigenvalue weighted by Gasteiger charge is -2.05. The van der Waals surface area contributed by atoms with Gasteiger partial charge in [-0.3, -0.25) is 4.79 Å². The molecule has 2 heterocycles. The fraction of sp³-hybridized carbons (Fsp3) is 0.250. The molecule has 0 aliphatic heterocycles. The number of benzene rings is 1. The van der Waals surface area contributed by atoms with Crippen molar-refractivity contribution in [1.82, 2.24) is 25.1 Å². The zero-order valence-corrected chi connectivity index (χ0v) is 13.1. The monoisotopic (exact) mass is 310 g/mol. The van der Waals surface area contributed by atoms with Gasteiger partial charge in [-0.1, -0.05) is 17.7 Å². The Morgan fingerprint density at radius 3 is 2.65 bits per heavy atom. The SMILES string of the molecule is CNc1ccc2nnc(CCNC(=O)c3ccc(C)cc3)n2n1. The molecule has 0 aliphatic rings. The molecule has 0 saturated carbocycles. The van der Waals surface area contributed by atoms with Crippen LogP contribution < -0.4 is 10.6 Å². The number of anilines is 1. The lowest BCUT2D eigenvalue weighted by Crippen LogP contribution is -2.26. The number of hydrogen-bond donors (Lipinski definition) is 2. The Balaban J connectivity index is 1.64. The summed E-state index contributed by atoms with van der Waals surface area (Å²) < 4.78 is 1.68. The molecule has 7 heteroatoms. The molecule has 23 heavy (non-hydrogen) atoms. The molecule has 0 atom stereocenters. The van der Waals surface area contributed by atoms with E-state index in [9.17, 15) is 4.79 Å². The van der Waals surface area contributed by atoms with Crippen molar-refractivity contribution in [1.29, 1.82) is 0 Å². The Morgan fingerprint density at radius 2 is 1.91 bits per heavy atom. The van der Waals surface area contributed by atoms with Gasteiger partial charge < -0.3 is 10.6 Å². The lowest BCUT2D eigenvalue weighted by atomic mass is 10.1. The summed E-state index contributed by atoms with van der Waals surface area (Å²) in [5, 5.41) is 18.4. The highest BCUT2D eigenvalue weighted by Gasteiger charge is 2.09. The van der Waals surface area contributed by atoms with Gasteiger partial charge >= 0.3 is 0 Å². The molecular formula is C16H18N6O. The first kappa shape index (κ1) is 15.0. The average molecular weight is 310 g/mol. The van der Waals surface area contributed by atoms with Crippen LogP contribution in [0, 0.1) is 6.92 Å². The Labute approximate surface area is 133 Å². The van der Waals surface area contributed by atoms with E-state index in [0.29, 0.717) is 30.0 Å². The van der Waals surface area contributed by atoms with Crippen LogP contribution in [0.2, 0.25) is 0 Å². The number of hydrogen-bond acceptors (Lipinski definition) is 5. The van der Waals surface area contributed by atoms with Crippen LogP contribution in [-0.2, 0) is 6.42 Å². The second-order valence-corrected chi connectivity index (χ2v) is 5.23. The van der Waals surface area contributed by atoms with Gasteiger partial charge in [-0.25, -0.2) is 0 Å². The Hall–Kier alpha value is -2.96. The highest BCUT2D eigenvalue weighted by molar-refractivity contribution is 5.94. The van der Waals surface area contributed by atoms with Crippen LogP contribution in [0.3, 0.4) is 0 Å². The van der Waals surface area contributed by atoms with Crippen LogP contribution in [0.25, 0.3) is 5.65 Å². The molecule has 118 valence electrons. The normalized spacial score (nSPS) is 10.7. The second-order valence-electron chi connectivity index (χ2n) is 5.23. The predicted molar refractivity (Wildman–Crippen MR) is 87.5 cm³/mol. The lowest BCUT2D eigenvalue weighted by molar-refractivity contribution is 0.0954. The molecule has 0 fully saturated rings. The van der Waals surface area contributed by atoms with Crippen molar-refractivity contribution in [2.75, 3.05) is 18.9 Å². The van der Waals surface area contributed by atoms with Crippen LogP contribution in [0.1, 0.15) is 21.7 Å². The van der Waals surface area contributed by atoms with E-state index in [-0.39, 0.29) is 5.91 Å². The smallest absolute Gasteiger partial charge is 0.251 e. The van der Waals surface area contributed by atoms with Crippen molar-refractivity contribution in [3.05, 3.63) is 53.3 Å². The Morgan fingerprint density at radius 1 is 1.13 bits per heavy atom. The topological polar surface area (TPSA) is 84.2 Å². The van der Waals surface area contributed by atoms with Gasteiger partial charge in [-0.2, -0.15) is 4.52 Å². The van der Waals surface area contributed by atoms with E-state index in [2.05, 4.69) is 25.9 Å². The summed E-state index contributed by atoms with van der Waals surface area (Å²) in [6, 6.07) is 11.2. The number of carbonyl (C=O) groups excluding carboxylic acids is 1. The Kier molecular flexibility index (Phi) is 4.18. The van der Waals surface area contributed by atoms with E-state index < -0.39 is 0 Å². The van der Waals surface area contributed by atoms with Crippen LogP contribution in [-0.4, -0.2) is 39.3 Å². The summed E-state index contributed by atoms with van der Waals surface area (Å²) in [6.45, 7) is 2.46. The maximum atomic E-state index is 12.1. The fourth-order valence-corrected chi connectivity index (χ4v) is 2.22. The molecule has 0 saturated heterocycles. The van der Waals surface area contributed by atoms with E-state index in [1.165, 1.54) is 0 Å². The molecule has 0 spiro atoms. The fourth-order valence-electron chi connectivity index (χ4n) is 2.22. The summed E-state index contributed by atoms with van der Waals surface area (Å²) in [6.07, 6.45) is 0.554. The maximum Gasteiger partial charge on any atom is 0.251 e. The van der Waals surface area contributed by atoms with Gasteiger partial charge in [0.1, 0.15) is 5.82 Å². The molecule has 0 bridgehead atoms. The molecule has 1 aromatic carbocycles. The minimum absolute atomic E-state index is 0.0947. The van der Waals surface area contributed by atoms with Crippen LogP contribution in [0.4, 0.5) is 5.82 Å². The number of fused-ring (bicyclic) bond motifs is 1. The Bertz CT molecular complexity index is 824. The van der Waals surface area contributed by atoms with Gasteiger partial charge in [-0.15, -0.1) is 15.3 Å². The van der Waals surface area contributed by atoms with Crippen molar-refractivity contribution in [2.24, 2.45) is 0 Å². The first-order chi connectivity index (χ1) is 11.2. The number of nitrogens with zero attached hydrogens (tertiary/aromatic N) is 4. The number of nitrogens with one attached hydrogen (secondary N) is 2. The molecule has 0 unspecified atom stereocenters. The number of amides is 1. The highest BCUT2D eigenvalue weighted by atomic mass is 16.1. The summed E-state index contributed by atoms with van der Waals surface area (Å²) in [5.74, 6) is 1.35. The number of rotatable bonds is 5. The van der Waals surface area contributed by atoms with Gasteiger partial charge in [0, 0.05) is 25.6 Å². The van der Waals surface area contributed by atoms with Crippen molar-refractivity contribution in [3.63, 3.8) is 0 Å². The van der Waals surface area contributed by atoms with E-state index in [1.54, 1.807) is 11.6 Å². The minimum Gasteiger partial charge on any atom is -0.372 e. The van der Waals surface area contributed by atoms with Crippen molar-refractivity contribution in [3.8, 4) is 0 Å². The first-order valence-electron chi connectivity index (χ1n) is 7.41. The van der Waals surface area contributed by atoms with Crippen molar-refractivity contribution in [2.45, 2.75) is 13.3 Å². The molecular weight excluding hydrogens is 292 g/mol. The molecule has 0 aliphatic carbocycles. The summed E-state index contributed by atoms with van der Waals surface area (Å²) in [4.78, 5) is 12.1. The van der Waals surface area contributed by atoms with Crippen LogP contribution in [0.15, 0.2) is 36.4 Å². The standard InChI is InChI=1S/C16H18N6O/c1-11-3-5-12(6-4-11)16(23)18-10-9-15-20-19-14-8-7-13(17-2)21-22(14)15/h3-8H,9-10H2,1-2H3,(H,17,21)(H,18,23). The molecule has 0 radical (unpaired) electrons. The van der Waals surface area contributed by atoms with Gasteiger partial charge in [-0.05, 0) is 31.2 Å². The molecule has 1 amide bonds.